The highest BCUT2D eigenvalue weighted by molar-refractivity contribution is 6.00. The third-order valence-electron chi connectivity index (χ3n) is 2.09. The Morgan fingerprint density at radius 2 is 1.95 bits per heavy atom. The lowest BCUT2D eigenvalue weighted by atomic mass is 10.2. The Kier molecular flexibility index (Phi) is 4.80. The molecule has 1 rings (SSSR count). The predicted octanol–water partition coefficient (Wildman–Crippen LogP) is 2.76. The summed E-state index contributed by atoms with van der Waals surface area (Å²) in [5, 5.41) is 2.28. The van der Waals surface area contributed by atoms with Crippen LogP contribution < -0.4 is 14.8 Å². The molecule has 1 N–H and O–H groups in total. The highest BCUT2D eigenvalue weighted by Crippen LogP contribution is 2.29. The van der Waals surface area contributed by atoms with Crippen LogP contribution in [0.1, 0.15) is 0 Å². The minimum Gasteiger partial charge on any atom is -0.497 e. The van der Waals surface area contributed by atoms with Crippen molar-refractivity contribution in [1.82, 2.24) is 0 Å². The lowest BCUT2D eigenvalue weighted by Gasteiger charge is -2.10. The van der Waals surface area contributed by atoms with Crippen LogP contribution >= 0.6 is 0 Å². The Hall–Kier alpha value is -2.18. The normalized spacial score (nSPS) is 11.4. The van der Waals surface area contributed by atoms with Crippen molar-refractivity contribution in [3.05, 3.63) is 30.4 Å². The summed E-state index contributed by atoms with van der Waals surface area (Å²) in [5.41, 5.74) is 0.250. The molecule has 1 aromatic carbocycles. The number of benzene rings is 1. The van der Waals surface area contributed by atoms with Crippen LogP contribution in [0.4, 0.5) is 18.9 Å². The highest BCUT2D eigenvalue weighted by atomic mass is 19.4. The fourth-order valence-corrected chi connectivity index (χ4v) is 1.25. The molecule has 0 spiro atoms. The fourth-order valence-electron chi connectivity index (χ4n) is 1.25. The number of alkyl halides is 3. The summed E-state index contributed by atoms with van der Waals surface area (Å²) in [6.45, 7) is 0. The van der Waals surface area contributed by atoms with Crippen molar-refractivity contribution in [2.45, 2.75) is 6.18 Å². The standard InChI is InChI=1S/C12H12F3NO3/c1-18-8-3-4-9(10(7-8)19-2)16-11(17)5-6-12(13,14)15/h3-7H,1-2H3,(H,16,17)/b6-5+. The molecule has 0 aromatic heterocycles. The molecule has 0 unspecified atom stereocenters. The first kappa shape index (κ1) is 14.9. The number of halogens is 3. The number of allylic oxidation sites excluding steroid dienone is 1. The molecule has 0 saturated carbocycles. The first-order valence-electron chi connectivity index (χ1n) is 5.14. The van der Waals surface area contributed by atoms with Gasteiger partial charge in [-0.3, -0.25) is 4.79 Å². The summed E-state index contributed by atoms with van der Waals surface area (Å²) >= 11 is 0. The van der Waals surface area contributed by atoms with E-state index in [4.69, 9.17) is 9.47 Å². The Morgan fingerprint density at radius 3 is 2.47 bits per heavy atom. The quantitative estimate of drug-likeness (QED) is 0.859. The van der Waals surface area contributed by atoms with Crippen LogP contribution in [0.15, 0.2) is 30.4 Å². The number of anilines is 1. The molecule has 0 radical (unpaired) electrons. The van der Waals surface area contributed by atoms with E-state index in [1.54, 1.807) is 6.07 Å². The van der Waals surface area contributed by atoms with Gasteiger partial charge in [0.05, 0.1) is 19.9 Å². The topological polar surface area (TPSA) is 47.6 Å². The Labute approximate surface area is 107 Å². The van der Waals surface area contributed by atoms with E-state index in [-0.39, 0.29) is 17.5 Å². The van der Waals surface area contributed by atoms with Crippen LogP contribution in [0.3, 0.4) is 0 Å². The number of hydrogen-bond acceptors (Lipinski definition) is 3. The van der Waals surface area contributed by atoms with E-state index in [9.17, 15) is 18.0 Å². The smallest absolute Gasteiger partial charge is 0.409 e. The second-order valence-electron chi connectivity index (χ2n) is 3.43. The van der Waals surface area contributed by atoms with E-state index in [1.165, 1.54) is 26.4 Å². The number of methoxy groups -OCH3 is 2. The molecule has 0 fully saturated rings. The molecule has 1 amide bonds. The summed E-state index contributed by atoms with van der Waals surface area (Å²) in [5.74, 6) is -0.116. The Bertz CT molecular complexity index is 484. The van der Waals surface area contributed by atoms with Gasteiger partial charge in [-0.2, -0.15) is 13.2 Å². The molecule has 7 heteroatoms. The van der Waals surface area contributed by atoms with Gasteiger partial charge in [-0.25, -0.2) is 0 Å². The summed E-state index contributed by atoms with van der Waals surface area (Å²) in [7, 11) is 2.83. The summed E-state index contributed by atoms with van der Waals surface area (Å²) in [6, 6.07) is 4.52. The number of hydrogen-bond donors (Lipinski definition) is 1. The maximum Gasteiger partial charge on any atom is 0.409 e. The molecule has 104 valence electrons. The lowest BCUT2D eigenvalue weighted by Crippen LogP contribution is -2.11. The molecule has 0 saturated heterocycles. The molecule has 0 aliphatic rings. The minimum atomic E-state index is -4.53. The monoisotopic (exact) mass is 275 g/mol. The number of ether oxygens (including phenoxy) is 2. The number of carbonyl (C=O) groups excluding carboxylic acids is 1. The largest absolute Gasteiger partial charge is 0.497 e. The average Bonchev–Trinajstić information content (AvgIpc) is 2.36. The molecular formula is C12H12F3NO3. The molecule has 0 aliphatic carbocycles. The highest BCUT2D eigenvalue weighted by Gasteiger charge is 2.22. The van der Waals surface area contributed by atoms with Crippen molar-refractivity contribution >= 4 is 11.6 Å². The number of rotatable bonds is 4. The Morgan fingerprint density at radius 1 is 1.26 bits per heavy atom. The molecule has 0 atom stereocenters. The van der Waals surface area contributed by atoms with Crippen molar-refractivity contribution in [2.24, 2.45) is 0 Å². The van der Waals surface area contributed by atoms with Gasteiger partial charge in [-0.15, -0.1) is 0 Å². The van der Waals surface area contributed by atoms with Crippen molar-refractivity contribution in [2.75, 3.05) is 19.5 Å². The van der Waals surface area contributed by atoms with E-state index in [1.807, 2.05) is 0 Å². The fraction of sp³-hybridized carbons (Fsp3) is 0.250. The van der Waals surface area contributed by atoms with Gasteiger partial charge < -0.3 is 14.8 Å². The van der Waals surface area contributed by atoms with Crippen LogP contribution in [0.5, 0.6) is 11.5 Å². The molecule has 0 bridgehead atoms. The first-order valence-corrected chi connectivity index (χ1v) is 5.14. The average molecular weight is 275 g/mol. The lowest BCUT2D eigenvalue weighted by molar-refractivity contribution is -0.112. The number of carbonyl (C=O) groups is 1. The van der Waals surface area contributed by atoms with Gasteiger partial charge in [0.1, 0.15) is 11.5 Å². The zero-order valence-electron chi connectivity index (χ0n) is 10.2. The van der Waals surface area contributed by atoms with Crippen LogP contribution in [0.25, 0.3) is 0 Å². The summed E-state index contributed by atoms with van der Waals surface area (Å²) in [6.07, 6.45) is -4.26. The number of amides is 1. The van der Waals surface area contributed by atoms with Gasteiger partial charge in [-0.1, -0.05) is 0 Å². The molecule has 19 heavy (non-hydrogen) atoms. The molecule has 0 heterocycles. The van der Waals surface area contributed by atoms with Gasteiger partial charge >= 0.3 is 6.18 Å². The third-order valence-corrected chi connectivity index (χ3v) is 2.09. The second kappa shape index (κ2) is 6.12. The van der Waals surface area contributed by atoms with E-state index < -0.39 is 12.1 Å². The van der Waals surface area contributed by atoms with Gasteiger partial charge in [0.15, 0.2) is 0 Å². The van der Waals surface area contributed by atoms with Gasteiger partial charge in [-0.05, 0) is 12.1 Å². The predicted molar refractivity (Wildman–Crippen MR) is 63.4 cm³/mol. The zero-order chi connectivity index (χ0) is 14.5. The summed E-state index contributed by atoms with van der Waals surface area (Å²) in [4.78, 5) is 11.3. The first-order chi connectivity index (χ1) is 8.85. The molecule has 1 aromatic rings. The maximum atomic E-state index is 11.9. The van der Waals surface area contributed by atoms with Crippen molar-refractivity contribution in [3.8, 4) is 11.5 Å². The third kappa shape index (κ3) is 4.90. The van der Waals surface area contributed by atoms with Gasteiger partial charge in [0.25, 0.3) is 0 Å². The maximum absolute atomic E-state index is 11.9. The minimum absolute atomic E-state index is 0.141. The second-order valence-corrected chi connectivity index (χ2v) is 3.43. The van der Waals surface area contributed by atoms with Crippen molar-refractivity contribution in [1.29, 1.82) is 0 Å². The van der Waals surface area contributed by atoms with E-state index in [0.29, 0.717) is 11.8 Å². The van der Waals surface area contributed by atoms with Crippen molar-refractivity contribution in [3.63, 3.8) is 0 Å². The van der Waals surface area contributed by atoms with Gasteiger partial charge in [0, 0.05) is 18.2 Å². The Balaban J connectivity index is 2.82. The zero-order valence-corrected chi connectivity index (χ0v) is 10.2. The van der Waals surface area contributed by atoms with Crippen LogP contribution in [-0.2, 0) is 4.79 Å². The van der Waals surface area contributed by atoms with Crippen LogP contribution in [-0.4, -0.2) is 26.3 Å². The van der Waals surface area contributed by atoms with Crippen LogP contribution in [0, 0.1) is 0 Å². The number of nitrogens with one attached hydrogen (secondary N) is 1. The molecular weight excluding hydrogens is 263 g/mol. The summed E-state index contributed by atoms with van der Waals surface area (Å²) < 4.78 is 45.6. The van der Waals surface area contributed by atoms with E-state index >= 15 is 0 Å². The van der Waals surface area contributed by atoms with Gasteiger partial charge in [0.2, 0.25) is 5.91 Å². The SMILES string of the molecule is COc1ccc(NC(=O)/C=C/C(F)(F)F)c(OC)c1. The van der Waals surface area contributed by atoms with E-state index in [0.717, 1.165) is 0 Å². The van der Waals surface area contributed by atoms with Crippen LogP contribution in [0.2, 0.25) is 0 Å². The van der Waals surface area contributed by atoms with Crippen molar-refractivity contribution < 1.29 is 27.4 Å². The van der Waals surface area contributed by atoms with E-state index in [2.05, 4.69) is 5.32 Å². The molecule has 0 aliphatic heterocycles. The molecule has 4 nitrogen and oxygen atoms in total.